The highest BCUT2D eigenvalue weighted by Gasteiger charge is 2.44. The number of carbonyl (C=O) groups is 1. The van der Waals surface area contributed by atoms with Crippen LogP contribution in [0.15, 0.2) is 11.6 Å². The highest BCUT2D eigenvalue weighted by Crippen LogP contribution is 2.49. The Bertz CT molecular complexity index is 337. The molecule has 0 aromatic rings. The van der Waals surface area contributed by atoms with Gasteiger partial charge in [-0.3, -0.25) is 4.79 Å². The van der Waals surface area contributed by atoms with Gasteiger partial charge >= 0.3 is 0 Å². The molecular formula is C12H15NO. The largest absolute Gasteiger partial charge is 0.295 e. The molecular weight excluding hydrogens is 174 g/mol. The van der Waals surface area contributed by atoms with Crippen molar-refractivity contribution in [1.82, 2.24) is 0 Å². The standard InChI is InChI=1S/C12H15NO/c1-12-7-3-2-4-11(14)10(12)6-5-9(12)8-13/h6,9H,2-5,7H2,1H3/t9-,12+/m0/s1. The number of hydrogen-bond acceptors (Lipinski definition) is 2. The summed E-state index contributed by atoms with van der Waals surface area (Å²) in [6, 6.07) is 2.35. The molecule has 0 aromatic heterocycles. The van der Waals surface area contributed by atoms with Crippen LogP contribution in [0, 0.1) is 22.7 Å². The summed E-state index contributed by atoms with van der Waals surface area (Å²) in [7, 11) is 0. The molecule has 1 fully saturated rings. The van der Waals surface area contributed by atoms with Crippen LogP contribution in [0.1, 0.15) is 39.0 Å². The molecule has 0 unspecified atom stereocenters. The average Bonchev–Trinajstić information content (AvgIpc) is 2.43. The maximum atomic E-state index is 11.8. The Morgan fingerprint density at radius 2 is 2.36 bits per heavy atom. The van der Waals surface area contributed by atoms with Gasteiger partial charge in [-0.2, -0.15) is 5.26 Å². The molecule has 14 heavy (non-hydrogen) atoms. The van der Waals surface area contributed by atoms with Crippen LogP contribution in [0.5, 0.6) is 0 Å². The third-order valence-electron chi connectivity index (χ3n) is 3.75. The summed E-state index contributed by atoms with van der Waals surface area (Å²) in [5, 5.41) is 9.05. The van der Waals surface area contributed by atoms with Gasteiger partial charge in [0.15, 0.2) is 5.78 Å². The van der Waals surface area contributed by atoms with Crippen molar-refractivity contribution in [2.24, 2.45) is 11.3 Å². The third kappa shape index (κ3) is 1.19. The molecule has 2 atom stereocenters. The minimum absolute atomic E-state index is 0.0274. The predicted molar refractivity (Wildman–Crippen MR) is 53.4 cm³/mol. The first-order valence-electron chi connectivity index (χ1n) is 5.32. The van der Waals surface area contributed by atoms with Crippen LogP contribution in [0.25, 0.3) is 0 Å². The predicted octanol–water partition coefficient (Wildman–Crippen LogP) is 2.61. The summed E-state index contributed by atoms with van der Waals surface area (Å²) < 4.78 is 0. The zero-order valence-corrected chi connectivity index (χ0v) is 8.55. The fourth-order valence-electron chi connectivity index (χ4n) is 2.77. The summed E-state index contributed by atoms with van der Waals surface area (Å²) >= 11 is 0. The lowest BCUT2D eigenvalue weighted by Crippen LogP contribution is -2.26. The fraction of sp³-hybridized carbons (Fsp3) is 0.667. The number of hydrogen-bond donors (Lipinski definition) is 0. The number of carbonyl (C=O) groups excluding carboxylic acids is 1. The van der Waals surface area contributed by atoms with E-state index in [0.29, 0.717) is 6.42 Å². The van der Waals surface area contributed by atoms with E-state index in [2.05, 4.69) is 13.0 Å². The lowest BCUT2D eigenvalue weighted by atomic mass is 9.73. The first kappa shape index (κ1) is 9.45. The summed E-state index contributed by atoms with van der Waals surface area (Å²) in [6.45, 7) is 2.09. The van der Waals surface area contributed by atoms with E-state index < -0.39 is 0 Å². The summed E-state index contributed by atoms with van der Waals surface area (Å²) in [5.41, 5.74) is 0.809. The van der Waals surface area contributed by atoms with E-state index in [-0.39, 0.29) is 17.1 Å². The number of nitrogens with zero attached hydrogens (tertiary/aromatic N) is 1. The monoisotopic (exact) mass is 189 g/mol. The maximum absolute atomic E-state index is 11.8. The van der Waals surface area contributed by atoms with Gasteiger partial charge in [0, 0.05) is 11.8 Å². The highest BCUT2D eigenvalue weighted by atomic mass is 16.1. The van der Waals surface area contributed by atoms with Crippen molar-refractivity contribution >= 4 is 5.78 Å². The maximum Gasteiger partial charge on any atom is 0.159 e. The normalized spacial score (nSPS) is 37.0. The fourth-order valence-corrected chi connectivity index (χ4v) is 2.77. The Morgan fingerprint density at radius 3 is 3.07 bits per heavy atom. The molecule has 0 aliphatic heterocycles. The molecule has 2 aliphatic rings. The molecule has 0 aromatic carbocycles. The minimum Gasteiger partial charge on any atom is -0.295 e. The van der Waals surface area contributed by atoms with Gasteiger partial charge in [0.2, 0.25) is 0 Å². The van der Waals surface area contributed by atoms with Gasteiger partial charge in [0.25, 0.3) is 0 Å². The van der Waals surface area contributed by atoms with Crippen molar-refractivity contribution in [3.8, 4) is 6.07 Å². The SMILES string of the molecule is C[C@]12CCCCC(=O)C1=CC[C@H]2C#N. The van der Waals surface area contributed by atoms with Crippen molar-refractivity contribution in [3.63, 3.8) is 0 Å². The summed E-state index contributed by atoms with van der Waals surface area (Å²) in [5.74, 6) is 0.308. The Labute approximate surface area is 84.6 Å². The smallest absolute Gasteiger partial charge is 0.159 e. The van der Waals surface area contributed by atoms with Crippen LogP contribution >= 0.6 is 0 Å². The molecule has 0 spiro atoms. The van der Waals surface area contributed by atoms with Crippen LogP contribution < -0.4 is 0 Å². The van der Waals surface area contributed by atoms with E-state index in [1.165, 1.54) is 0 Å². The van der Waals surface area contributed by atoms with Gasteiger partial charge in [-0.25, -0.2) is 0 Å². The van der Waals surface area contributed by atoms with E-state index in [1.807, 2.05) is 6.08 Å². The Hall–Kier alpha value is -1.10. The number of allylic oxidation sites excluding steroid dienone is 2. The zero-order valence-electron chi connectivity index (χ0n) is 8.55. The Kier molecular flexibility index (Phi) is 2.19. The lowest BCUT2D eigenvalue weighted by molar-refractivity contribution is -0.116. The molecule has 0 radical (unpaired) electrons. The molecule has 0 heterocycles. The Balaban J connectivity index is 2.37. The van der Waals surface area contributed by atoms with Crippen LogP contribution in [-0.4, -0.2) is 5.78 Å². The van der Waals surface area contributed by atoms with E-state index in [1.54, 1.807) is 0 Å². The van der Waals surface area contributed by atoms with Gasteiger partial charge in [0.1, 0.15) is 0 Å². The number of Topliss-reactive ketones (excluding diaryl/α,β-unsaturated/α-hetero) is 1. The first-order chi connectivity index (χ1) is 6.68. The molecule has 2 aliphatic carbocycles. The van der Waals surface area contributed by atoms with E-state index >= 15 is 0 Å². The minimum atomic E-state index is -0.137. The molecule has 0 bridgehead atoms. The molecule has 0 N–H and O–H groups in total. The van der Waals surface area contributed by atoms with Crippen molar-refractivity contribution in [2.45, 2.75) is 39.0 Å². The van der Waals surface area contributed by atoms with Gasteiger partial charge in [0.05, 0.1) is 12.0 Å². The van der Waals surface area contributed by atoms with E-state index in [9.17, 15) is 4.79 Å². The number of ketones is 1. The Morgan fingerprint density at radius 1 is 1.57 bits per heavy atom. The molecule has 0 saturated heterocycles. The second-order valence-electron chi connectivity index (χ2n) is 4.58. The molecule has 0 amide bonds. The number of fused-ring (bicyclic) bond motifs is 1. The highest BCUT2D eigenvalue weighted by molar-refractivity contribution is 5.97. The van der Waals surface area contributed by atoms with E-state index in [0.717, 1.165) is 31.3 Å². The molecule has 2 heteroatoms. The first-order valence-corrected chi connectivity index (χ1v) is 5.32. The van der Waals surface area contributed by atoms with Crippen molar-refractivity contribution in [1.29, 1.82) is 5.26 Å². The topological polar surface area (TPSA) is 40.9 Å². The summed E-state index contributed by atoms with van der Waals surface area (Å²) in [4.78, 5) is 11.8. The molecule has 2 rings (SSSR count). The van der Waals surface area contributed by atoms with Gasteiger partial charge < -0.3 is 0 Å². The van der Waals surface area contributed by atoms with E-state index in [4.69, 9.17) is 5.26 Å². The molecule has 2 nitrogen and oxygen atoms in total. The van der Waals surface area contributed by atoms with Gasteiger partial charge in [-0.1, -0.05) is 19.4 Å². The molecule has 1 saturated carbocycles. The van der Waals surface area contributed by atoms with Crippen LogP contribution in [0.3, 0.4) is 0 Å². The average molecular weight is 189 g/mol. The van der Waals surface area contributed by atoms with Gasteiger partial charge in [-0.05, 0) is 24.8 Å². The zero-order chi connectivity index (χ0) is 10.2. The number of nitriles is 1. The number of rotatable bonds is 0. The lowest BCUT2D eigenvalue weighted by Gasteiger charge is -2.28. The molecule has 74 valence electrons. The van der Waals surface area contributed by atoms with Crippen LogP contribution in [0.2, 0.25) is 0 Å². The third-order valence-corrected chi connectivity index (χ3v) is 3.75. The van der Waals surface area contributed by atoms with Crippen molar-refractivity contribution in [3.05, 3.63) is 11.6 Å². The second-order valence-corrected chi connectivity index (χ2v) is 4.58. The van der Waals surface area contributed by atoms with Crippen LogP contribution in [0.4, 0.5) is 0 Å². The quantitative estimate of drug-likeness (QED) is 0.587. The van der Waals surface area contributed by atoms with Crippen molar-refractivity contribution in [2.75, 3.05) is 0 Å². The van der Waals surface area contributed by atoms with Gasteiger partial charge in [-0.15, -0.1) is 0 Å². The van der Waals surface area contributed by atoms with Crippen molar-refractivity contribution < 1.29 is 4.79 Å². The van der Waals surface area contributed by atoms with Crippen LogP contribution in [-0.2, 0) is 4.79 Å². The second kappa shape index (κ2) is 3.24. The summed E-state index contributed by atoms with van der Waals surface area (Å²) in [6.07, 6.45) is 6.53.